The summed E-state index contributed by atoms with van der Waals surface area (Å²) in [6.07, 6.45) is 3.81. The second kappa shape index (κ2) is 5.88. The molecule has 2 aliphatic rings. The van der Waals surface area contributed by atoms with Gasteiger partial charge in [-0.25, -0.2) is 0 Å². The Kier molecular flexibility index (Phi) is 4.42. The van der Waals surface area contributed by atoms with Crippen LogP contribution >= 0.6 is 0 Å². The van der Waals surface area contributed by atoms with Crippen molar-refractivity contribution in [3.8, 4) is 0 Å². The highest BCUT2D eigenvalue weighted by molar-refractivity contribution is 5.83. The number of nitrogens with zero attached hydrogens (tertiary/aromatic N) is 1. The SMILES string of the molecule is CC(C(=O)NC1CCCC1)N1CC(O)CC1C(=O)O. The minimum atomic E-state index is -0.975. The first kappa shape index (κ1) is 14.3. The molecule has 0 radical (unpaired) electrons. The van der Waals surface area contributed by atoms with Gasteiger partial charge in [0.1, 0.15) is 6.04 Å². The van der Waals surface area contributed by atoms with E-state index in [1.807, 2.05) is 0 Å². The number of aliphatic carboxylic acids is 1. The Balaban J connectivity index is 1.95. The Morgan fingerprint density at radius 3 is 2.53 bits per heavy atom. The summed E-state index contributed by atoms with van der Waals surface area (Å²) in [5.41, 5.74) is 0. The van der Waals surface area contributed by atoms with Crippen LogP contribution in [0.5, 0.6) is 0 Å². The zero-order chi connectivity index (χ0) is 14.0. The minimum absolute atomic E-state index is 0.132. The lowest BCUT2D eigenvalue weighted by Gasteiger charge is -2.28. The monoisotopic (exact) mass is 270 g/mol. The van der Waals surface area contributed by atoms with Crippen LogP contribution in [0.2, 0.25) is 0 Å². The summed E-state index contributed by atoms with van der Waals surface area (Å²) in [4.78, 5) is 24.9. The summed E-state index contributed by atoms with van der Waals surface area (Å²) in [6, 6.07) is -1.05. The van der Waals surface area contributed by atoms with Crippen molar-refractivity contribution in [1.29, 1.82) is 0 Å². The highest BCUT2D eigenvalue weighted by atomic mass is 16.4. The maximum Gasteiger partial charge on any atom is 0.321 e. The van der Waals surface area contributed by atoms with Gasteiger partial charge in [-0.1, -0.05) is 12.8 Å². The van der Waals surface area contributed by atoms with Gasteiger partial charge in [0.2, 0.25) is 5.91 Å². The molecule has 3 atom stereocenters. The third kappa shape index (κ3) is 3.25. The molecule has 1 amide bonds. The average molecular weight is 270 g/mol. The smallest absolute Gasteiger partial charge is 0.321 e. The molecule has 19 heavy (non-hydrogen) atoms. The van der Waals surface area contributed by atoms with E-state index in [-0.39, 0.29) is 24.9 Å². The summed E-state index contributed by atoms with van der Waals surface area (Å²) in [5.74, 6) is -1.11. The van der Waals surface area contributed by atoms with Gasteiger partial charge in [0.25, 0.3) is 0 Å². The van der Waals surface area contributed by atoms with Crippen LogP contribution in [0.15, 0.2) is 0 Å². The number of nitrogens with one attached hydrogen (secondary N) is 1. The predicted molar refractivity (Wildman–Crippen MR) is 68.6 cm³/mol. The molecular weight excluding hydrogens is 248 g/mol. The van der Waals surface area contributed by atoms with Gasteiger partial charge in [-0.2, -0.15) is 0 Å². The van der Waals surface area contributed by atoms with E-state index >= 15 is 0 Å². The fraction of sp³-hybridized carbons (Fsp3) is 0.846. The largest absolute Gasteiger partial charge is 0.480 e. The van der Waals surface area contributed by atoms with Crippen LogP contribution in [0.1, 0.15) is 39.0 Å². The van der Waals surface area contributed by atoms with Crippen molar-refractivity contribution in [1.82, 2.24) is 10.2 Å². The third-order valence-corrected chi connectivity index (χ3v) is 4.18. The Hall–Kier alpha value is -1.14. The van der Waals surface area contributed by atoms with Crippen molar-refractivity contribution in [2.45, 2.75) is 63.3 Å². The van der Waals surface area contributed by atoms with Crippen LogP contribution < -0.4 is 5.32 Å². The summed E-state index contributed by atoms with van der Waals surface area (Å²) in [6.45, 7) is 1.95. The van der Waals surface area contributed by atoms with Gasteiger partial charge >= 0.3 is 5.97 Å². The summed E-state index contributed by atoms with van der Waals surface area (Å²) >= 11 is 0. The molecule has 1 aliphatic carbocycles. The molecule has 0 aromatic rings. The van der Waals surface area contributed by atoms with Crippen LogP contribution in [0, 0.1) is 0 Å². The number of amides is 1. The summed E-state index contributed by atoms with van der Waals surface area (Å²) in [5, 5.41) is 21.7. The van der Waals surface area contributed by atoms with Crippen LogP contribution in [-0.4, -0.2) is 57.8 Å². The third-order valence-electron chi connectivity index (χ3n) is 4.18. The first-order chi connectivity index (χ1) is 8.99. The van der Waals surface area contributed by atoms with Gasteiger partial charge in [0, 0.05) is 19.0 Å². The Morgan fingerprint density at radius 1 is 1.32 bits per heavy atom. The molecule has 3 N–H and O–H groups in total. The molecule has 1 heterocycles. The van der Waals surface area contributed by atoms with E-state index in [1.165, 1.54) is 0 Å². The molecule has 0 aromatic carbocycles. The molecule has 6 nitrogen and oxygen atoms in total. The molecule has 1 aliphatic heterocycles. The number of likely N-dealkylation sites (tertiary alicyclic amines) is 1. The van der Waals surface area contributed by atoms with Crippen molar-refractivity contribution in [2.24, 2.45) is 0 Å². The molecule has 0 bridgehead atoms. The molecule has 3 unspecified atom stereocenters. The number of β-amino-alcohol motifs (C(OH)–C–C–N with tert-alkyl or cyclic N) is 1. The first-order valence-electron chi connectivity index (χ1n) is 6.96. The van der Waals surface area contributed by atoms with Gasteiger partial charge in [-0.3, -0.25) is 14.5 Å². The van der Waals surface area contributed by atoms with E-state index in [1.54, 1.807) is 11.8 Å². The number of hydrogen-bond donors (Lipinski definition) is 3. The minimum Gasteiger partial charge on any atom is -0.480 e. The van der Waals surface area contributed by atoms with Gasteiger partial charge in [0.15, 0.2) is 0 Å². The molecule has 2 rings (SSSR count). The van der Waals surface area contributed by atoms with Crippen molar-refractivity contribution in [3.05, 3.63) is 0 Å². The first-order valence-corrected chi connectivity index (χ1v) is 6.96. The number of carboxylic acid groups (broad SMARTS) is 1. The van der Waals surface area contributed by atoms with Crippen LogP contribution in [-0.2, 0) is 9.59 Å². The van der Waals surface area contributed by atoms with Crippen molar-refractivity contribution >= 4 is 11.9 Å². The Morgan fingerprint density at radius 2 is 1.95 bits per heavy atom. The van der Waals surface area contributed by atoms with E-state index in [9.17, 15) is 14.7 Å². The Bertz CT molecular complexity index is 355. The van der Waals surface area contributed by atoms with E-state index in [0.717, 1.165) is 25.7 Å². The van der Waals surface area contributed by atoms with Crippen LogP contribution in [0.25, 0.3) is 0 Å². The van der Waals surface area contributed by atoms with E-state index in [4.69, 9.17) is 5.11 Å². The second-order valence-electron chi connectivity index (χ2n) is 5.61. The number of carboxylic acids is 1. The maximum absolute atomic E-state index is 12.1. The number of carbonyl (C=O) groups is 2. The highest BCUT2D eigenvalue weighted by Gasteiger charge is 2.40. The van der Waals surface area contributed by atoms with E-state index in [0.29, 0.717) is 0 Å². The molecule has 1 saturated carbocycles. The topological polar surface area (TPSA) is 89.9 Å². The summed E-state index contributed by atoms with van der Waals surface area (Å²) in [7, 11) is 0. The zero-order valence-corrected chi connectivity index (χ0v) is 11.2. The Labute approximate surface area is 112 Å². The number of carbonyl (C=O) groups excluding carboxylic acids is 1. The fourth-order valence-corrected chi connectivity index (χ4v) is 3.05. The molecule has 0 spiro atoms. The highest BCUT2D eigenvalue weighted by Crippen LogP contribution is 2.22. The molecule has 108 valence electrons. The maximum atomic E-state index is 12.1. The van der Waals surface area contributed by atoms with Crippen LogP contribution in [0.4, 0.5) is 0 Å². The van der Waals surface area contributed by atoms with E-state index < -0.39 is 24.2 Å². The quantitative estimate of drug-likeness (QED) is 0.666. The predicted octanol–water partition coefficient (Wildman–Crippen LogP) is -0.0465. The lowest BCUT2D eigenvalue weighted by molar-refractivity contribution is -0.144. The zero-order valence-electron chi connectivity index (χ0n) is 11.2. The van der Waals surface area contributed by atoms with Crippen molar-refractivity contribution in [3.63, 3.8) is 0 Å². The molecule has 0 aromatic heterocycles. The second-order valence-corrected chi connectivity index (χ2v) is 5.61. The van der Waals surface area contributed by atoms with Gasteiger partial charge in [-0.15, -0.1) is 0 Å². The molecule has 2 fully saturated rings. The van der Waals surface area contributed by atoms with E-state index in [2.05, 4.69) is 5.32 Å². The van der Waals surface area contributed by atoms with Gasteiger partial charge in [0.05, 0.1) is 12.1 Å². The normalized spacial score (nSPS) is 30.4. The van der Waals surface area contributed by atoms with Gasteiger partial charge < -0.3 is 15.5 Å². The number of hydrogen-bond acceptors (Lipinski definition) is 4. The molecular formula is C13H22N2O4. The van der Waals surface area contributed by atoms with Crippen molar-refractivity contribution < 1.29 is 19.8 Å². The number of aliphatic hydroxyl groups excluding tert-OH is 1. The number of rotatable bonds is 4. The number of aliphatic hydroxyl groups is 1. The summed E-state index contributed by atoms with van der Waals surface area (Å²) < 4.78 is 0. The molecule has 6 heteroatoms. The van der Waals surface area contributed by atoms with Crippen LogP contribution in [0.3, 0.4) is 0 Å². The average Bonchev–Trinajstić information content (AvgIpc) is 2.97. The fourth-order valence-electron chi connectivity index (χ4n) is 3.05. The molecule has 1 saturated heterocycles. The lowest BCUT2D eigenvalue weighted by Crippen LogP contribution is -2.51. The standard InChI is InChI=1S/C13H22N2O4/c1-8(12(17)14-9-4-2-3-5-9)15-7-10(16)6-11(15)13(18)19/h8-11,16H,2-7H2,1H3,(H,14,17)(H,18,19). The lowest BCUT2D eigenvalue weighted by atomic mass is 10.1. The van der Waals surface area contributed by atoms with Crippen molar-refractivity contribution in [2.75, 3.05) is 6.54 Å². The van der Waals surface area contributed by atoms with Gasteiger partial charge in [-0.05, 0) is 19.8 Å².